The van der Waals surface area contributed by atoms with Crippen LogP contribution in [0.15, 0.2) is 24.5 Å². The Morgan fingerprint density at radius 3 is 1.40 bits per heavy atom. The Morgan fingerprint density at radius 1 is 0.564 bits per heavy atom. The van der Waals surface area contributed by atoms with Crippen molar-refractivity contribution < 1.29 is 37.3 Å². The van der Waals surface area contributed by atoms with Crippen molar-refractivity contribution in [3.63, 3.8) is 0 Å². The van der Waals surface area contributed by atoms with Gasteiger partial charge in [0.05, 0.1) is 34.0 Å². The Bertz CT molecular complexity index is 936. The Kier molecular flexibility index (Phi) is 38.8. The molecule has 1 unspecified atom stereocenters. The number of likely N-dealkylation sites (N-methyl/N-ethyl adjacent to an activating group) is 1. The molecule has 0 aromatic rings. The molecule has 0 spiro atoms. The van der Waals surface area contributed by atoms with Gasteiger partial charge in [-0.05, 0) is 51.0 Å². The monoisotopic (exact) mass is 800 g/mol. The van der Waals surface area contributed by atoms with Gasteiger partial charge in [-0.25, -0.2) is 0 Å². The van der Waals surface area contributed by atoms with E-state index in [0.717, 1.165) is 32.1 Å². The van der Waals surface area contributed by atoms with Crippen LogP contribution in [-0.4, -0.2) is 64.1 Å². The van der Waals surface area contributed by atoms with Gasteiger partial charge in [-0.2, -0.15) is 0 Å². The molecule has 0 saturated heterocycles. The molecule has 55 heavy (non-hydrogen) atoms. The van der Waals surface area contributed by atoms with Gasteiger partial charge >= 0.3 is 5.97 Å². The molecular formula is C46H90NO7P. The van der Waals surface area contributed by atoms with Crippen LogP contribution in [0.2, 0.25) is 0 Å². The van der Waals surface area contributed by atoms with Crippen molar-refractivity contribution >= 4 is 13.8 Å². The van der Waals surface area contributed by atoms with E-state index in [1.165, 1.54) is 161 Å². The molecule has 0 aliphatic carbocycles. The number of unbranched alkanes of at least 4 members (excludes halogenated alkanes) is 27. The number of rotatable bonds is 43. The molecule has 2 atom stereocenters. The number of ether oxygens (including phenoxy) is 2. The third kappa shape index (κ3) is 43.8. The topological polar surface area (TPSA) is 94.1 Å². The van der Waals surface area contributed by atoms with Crippen molar-refractivity contribution in [2.75, 3.05) is 47.5 Å². The number of esters is 1. The third-order valence-electron chi connectivity index (χ3n) is 10.1. The summed E-state index contributed by atoms with van der Waals surface area (Å²) >= 11 is 0. The maximum atomic E-state index is 12.7. The van der Waals surface area contributed by atoms with Gasteiger partial charge in [0.15, 0.2) is 6.10 Å². The lowest BCUT2D eigenvalue weighted by atomic mass is 10.0. The van der Waals surface area contributed by atoms with E-state index in [1.54, 1.807) is 6.26 Å². The van der Waals surface area contributed by atoms with Crippen molar-refractivity contribution in [3.8, 4) is 0 Å². The van der Waals surface area contributed by atoms with Gasteiger partial charge in [-0.15, -0.1) is 0 Å². The highest BCUT2D eigenvalue weighted by atomic mass is 31.2. The summed E-state index contributed by atoms with van der Waals surface area (Å²) < 4.78 is 34.4. The number of carbonyl (C=O) groups is 1. The second-order valence-corrected chi connectivity index (χ2v) is 18.2. The molecule has 0 radical (unpaired) electrons. The second-order valence-electron chi connectivity index (χ2n) is 16.8. The summed E-state index contributed by atoms with van der Waals surface area (Å²) in [6.45, 7) is 4.75. The average Bonchev–Trinajstić information content (AvgIpc) is 3.13. The minimum atomic E-state index is -4.54. The maximum absolute atomic E-state index is 12.7. The molecule has 9 heteroatoms. The normalized spacial score (nSPS) is 13.9. The first-order valence-electron chi connectivity index (χ1n) is 23.1. The highest BCUT2D eigenvalue weighted by molar-refractivity contribution is 7.45. The number of hydrogen-bond donors (Lipinski definition) is 0. The van der Waals surface area contributed by atoms with Crippen LogP contribution in [0.3, 0.4) is 0 Å². The fraction of sp³-hybridized carbons (Fsp3) is 0.891. The summed E-state index contributed by atoms with van der Waals surface area (Å²) in [6, 6.07) is 0. The summed E-state index contributed by atoms with van der Waals surface area (Å²) in [4.78, 5) is 25.0. The standard InChI is InChI=1S/C46H90NO7P/c1-6-8-10-12-14-16-18-20-22-24-25-27-29-31-33-35-37-39-46(48)54-45(44-53-55(49,50)52-42-40-47(3,4)5)43-51-41-38-36-34-32-30-28-26-23-21-19-17-15-13-11-9-7-2/h20,22,38,41,45H,6-19,21,23-37,39-40,42-44H2,1-5H3/b22-20-,41-38-/t45-/m1/s1. The summed E-state index contributed by atoms with van der Waals surface area (Å²) in [6.07, 6.45) is 45.7. The summed E-state index contributed by atoms with van der Waals surface area (Å²) in [5, 5.41) is 0. The smallest absolute Gasteiger partial charge is 0.306 e. The number of hydrogen-bond acceptors (Lipinski definition) is 7. The lowest BCUT2D eigenvalue weighted by Gasteiger charge is -2.28. The van der Waals surface area contributed by atoms with Crippen molar-refractivity contribution in [2.45, 2.75) is 219 Å². The molecule has 0 aliphatic rings. The highest BCUT2D eigenvalue weighted by Gasteiger charge is 2.20. The molecule has 0 aliphatic heterocycles. The summed E-state index contributed by atoms with van der Waals surface area (Å²) in [5.74, 6) is -0.358. The Labute approximate surface area is 341 Å². The van der Waals surface area contributed by atoms with Gasteiger partial charge in [-0.1, -0.05) is 174 Å². The molecule has 326 valence electrons. The molecular weight excluding hydrogens is 709 g/mol. The van der Waals surface area contributed by atoms with E-state index < -0.39 is 13.9 Å². The van der Waals surface area contributed by atoms with E-state index >= 15 is 0 Å². The van der Waals surface area contributed by atoms with Gasteiger partial charge in [0.25, 0.3) is 7.82 Å². The molecule has 0 fully saturated rings. The third-order valence-corrected chi connectivity index (χ3v) is 11.0. The highest BCUT2D eigenvalue weighted by Crippen LogP contribution is 2.38. The van der Waals surface area contributed by atoms with Crippen LogP contribution >= 0.6 is 7.82 Å². The quantitative estimate of drug-likeness (QED) is 0.0151. The molecule has 0 rings (SSSR count). The largest absolute Gasteiger partial charge is 0.756 e. The summed E-state index contributed by atoms with van der Waals surface area (Å²) in [5.41, 5.74) is 0. The zero-order valence-corrected chi connectivity index (χ0v) is 37.8. The number of quaternary nitrogens is 1. The molecule has 0 aromatic carbocycles. The first-order chi connectivity index (χ1) is 26.6. The van der Waals surface area contributed by atoms with Crippen LogP contribution in [0.1, 0.15) is 213 Å². The fourth-order valence-electron chi connectivity index (χ4n) is 6.45. The zero-order valence-electron chi connectivity index (χ0n) is 36.9. The molecule has 0 heterocycles. The molecule has 0 amide bonds. The predicted octanol–water partition coefficient (Wildman–Crippen LogP) is 13.3. The molecule has 0 saturated carbocycles. The summed E-state index contributed by atoms with van der Waals surface area (Å²) in [7, 11) is 1.33. The SMILES string of the molecule is CCCCCCCC/C=C\CCCCCCCCCC(=O)O[C@H](CO/C=C\CCCCCCCCCCCCCCCC)COP(=O)([O-])OCC[N+](C)(C)C. The lowest BCUT2D eigenvalue weighted by molar-refractivity contribution is -0.870. The first-order valence-corrected chi connectivity index (χ1v) is 24.6. The number of nitrogens with zero attached hydrogens (tertiary/aromatic N) is 1. The lowest BCUT2D eigenvalue weighted by Crippen LogP contribution is -2.37. The second kappa shape index (κ2) is 39.6. The van der Waals surface area contributed by atoms with Crippen LogP contribution in [-0.2, 0) is 27.9 Å². The maximum Gasteiger partial charge on any atom is 0.306 e. The number of carbonyl (C=O) groups excluding carboxylic acids is 1. The van der Waals surface area contributed by atoms with Crippen LogP contribution in [0.5, 0.6) is 0 Å². The molecule has 0 aromatic heterocycles. The van der Waals surface area contributed by atoms with Crippen LogP contribution in [0, 0.1) is 0 Å². The van der Waals surface area contributed by atoms with E-state index in [0.29, 0.717) is 17.4 Å². The minimum Gasteiger partial charge on any atom is -0.756 e. The Balaban J connectivity index is 4.25. The molecule has 8 nitrogen and oxygen atoms in total. The van der Waals surface area contributed by atoms with Gasteiger partial charge in [0.1, 0.15) is 19.8 Å². The van der Waals surface area contributed by atoms with Gasteiger partial charge in [-0.3, -0.25) is 9.36 Å². The predicted molar refractivity (Wildman–Crippen MR) is 231 cm³/mol. The first kappa shape index (κ1) is 53.8. The van der Waals surface area contributed by atoms with Crippen molar-refractivity contribution in [2.24, 2.45) is 0 Å². The molecule has 0 N–H and O–H groups in total. The van der Waals surface area contributed by atoms with Gasteiger partial charge in [0.2, 0.25) is 0 Å². The Hall–Kier alpha value is -1.18. The molecule has 0 bridgehead atoms. The zero-order chi connectivity index (χ0) is 40.6. The van der Waals surface area contributed by atoms with Crippen LogP contribution in [0.25, 0.3) is 0 Å². The van der Waals surface area contributed by atoms with Crippen molar-refractivity contribution in [3.05, 3.63) is 24.5 Å². The van der Waals surface area contributed by atoms with Crippen molar-refractivity contribution in [1.29, 1.82) is 0 Å². The van der Waals surface area contributed by atoms with Gasteiger partial charge < -0.3 is 27.9 Å². The van der Waals surface area contributed by atoms with Gasteiger partial charge in [0, 0.05) is 6.42 Å². The Morgan fingerprint density at radius 2 is 0.964 bits per heavy atom. The number of phosphoric acid groups is 1. The van der Waals surface area contributed by atoms with E-state index in [2.05, 4.69) is 26.0 Å². The number of phosphoric ester groups is 1. The van der Waals surface area contributed by atoms with Crippen LogP contribution in [0.4, 0.5) is 0 Å². The average molecular weight is 800 g/mol. The minimum absolute atomic E-state index is 0.0174. The van der Waals surface area contributed by atoms with Crippen molar-refractivity contribution in [1.82, 2.24) is 0 Å². The van der Waals surface area contributed by atoms with E-state index in [9.17, 15) is 14.3 Å². The van der Waals surface area contributed by atoms with E-state index in [-0.39, 0.29) is 25.8 Å². The number of allylic oxidation sites excluding steroid dienone is 3. The van der Waals surface area contributed by atoms with E-state index in [1.807, 2.05) is 27.2 Å². The van der Waals surface area contributed by atoms with E-state index in [4.69, 9.17) is 18.5 Å². The fourth-order valence-corrected chi connectivity index (χ4v) is 7.18. The van der Waals surface area contributed by atoms with Crippen LogP contribution < -0.4 is 4.89 Å².